The van der Waals surface area contributed by atoms with E-state index in [-0.39, 0.29) is 0 Å². The summed E-state index contributed by atoms with van der Waals surface area (Å²) in [7, 11) is 0.937. The first-order valence-electron chi connectivity index (χ1n) is 14.2. The molecule has 0 aliphatic rings. The van der Waals surface area contributed by atoms with Gasteiger partial charge in [-0.2, -0.15) is 0 Å². The Bertz CT molecular complexity index is 1120. The van der Waals surface area contributed by atoms with Crippen LogP contribution in [0, 0.1) is 0 Å². The second-order valence-electron chi connectivity index (χ2n) is 11.1. The molecular formula is C34H47ClSi. The Kier molecular flexibility index (Phi) is 10.1. The highest BCUT2D eigenvalue weighted by atomic mass is 35.5. The van der Waals surface area contributed by atoms with Crippen molar-refractivity contribution in [3.8, 4) is 22.3 Å². The van der Waals surface area contributed by atoms with Crippen molar-refractivity contribution in [2.45, 2.75) is 105 Å². The van der Waals surface area contributed by atoms with Crippen molar-refractivity contribution in [1.82, 2.24) is 0 Å². The van der Waals surface area contributed by atoms with Gasteiger partial charge in [0.15, 0.2) is 0 Å². The molecule has 0 fully saturated rings. The van der Waals surface area contributed by atoms with Gasteiger partial charge in [-0.15, -0.1) is 0 Å². The summed E-state index contributed by atoms with van der Waals surface area (Å²) in [6.07, 6.45) is 4.57. The molecule has 0 heterocycles. The van der Waals surface area contributed by atoms with E-state index in [9.17, 15) is 0 Å². The molecule has 0 saturated heterocycles. The molecule has 0 N–H and O–H groups in total. The molecule has 0 aliphatic carbocycles. The largest absolute Gasteiger partial charge is 0.0838 e. The molecule has 0 bridgehead atoms. The molecule has 3 aromatic rings. The van der Waals surface area contributed by atoms with Gasteiger partial charge >= 0.3 is 0 Å². The van der Waals surface area contributed by atoms with Gasteiger partial charge in [0.2, 0.25) is 0 Å². The topological polar surface area (TPSA) is 0 Å². The molecular weight excluding hydrogens is 472 g/mol. The fourth-order valence-electron chi connectivity index (χ4n) is 4.94. The van der Waals surface area contributed by atoms with Gasteiger partial charge < -0.3 is 0 Å². The fourth-order valence-corrected chi connectivity index (χ4v) is 5.63. The van der Waals surface area contributed by atoms with E-state index in [1.165, 1.54) is 49.7 Å². The van der Waals surface area contributed by atoms with E-state index in [0.717, 1.165) is 40.9 Å². The lowest BCUT2D eigenvalue weighted by atomic mass is 9.84. The Morgan fingerprint density at radius 1 is 0.583 bits per heavy atom. The first-order chi connectivity index (χ1) is 17.1. The summed E-state index contributed by atoms with van der Waals surface area (Å²) in [4.78, 5) is 0. The Balaban J connectivity index is 2.35. The van der Waals surface area contributed by atoms with Crippen molar-refractivity contribution in [2.75, 3.05) is 0 Å². The number of benzene rings is 3. The van der Waals surface area contributed by atoms with Gasteiger partial charge in [0.1, 0.15) is 0 Å². The van der Waals surface area contributed by atoms with Crippen LogP contribution in [0.2, 0.25) is 5.02 Å². The lowest BCUT2D eigenvalue weighted by molar-refractivity contribution is 0.711. The minimum absolute atomic E-state index is 0.528. The van der Waals surface area contributed by atoms with Crippen molar-refractivity contribution in [3.05, 3.63) is 75.8 Å². The van der Waals surface area contributed by atoms with E-state index in [0.29, 0.717) is 23.7 Å². The summed E-state index contributed by atoms with van der Waals surface area (Å²) in [6, 6.07) is 19.2. The zero-order valence-corrected chi connectivity index (χ0v) is 26.9. The molecule has 0 spiro atoms. The van der Waals surface area contributed by atoms with Gasteiger partial charge in [-0.25, -0.2) is 0 Å². The highest BCUT2D eigenvalue weighted by Gasteiger charge is 2.19. The SMILES string of the molecule is CCC(C)c1cc(-c2ccc([SiH3])c(Cl)c2-c2cc(C(C)CC)cc(C(C)CC)c2)cc(C(C)CC)c1. The zero-order chi connectivity index (χ0) is 26.6. The molecule has 4 atom stereocenters. The first kappa shape index (κ1) is 28.7. The van der Waals surface area contributed by atoms with E-state index in [4.69, 9.17) is 11.6 Å². The summed E-state index contributed by atoms with van der Waals surface area (Å²) in [6.45, 7) is 18.5. The Morgan fingerprint density at radius 2 is 0.944 bits per heavy atom. The standard InChI is InChI=1S/C34H47ClSi/c1-9-21(5)25-15-26(22(6)10-2)18-29(17-25)31-13-14-32(36)34(35)33(31)30-19-27(23(7)11-3)16-28(20-30)24(8)12-4/h13-24H,9-12H2,1-8,36H3. The Morgan fingerprint density at radius 3 is 1.31 bits per heavy atom. The molecule has 0 saturated carbocycles. The molecule has 36 heavy (non-hydrogen) atoms. The van der Waals surface area contributed by atoms with Gasteiger partial charge in [-0.3, -0.25) is 0 Å². The lowest BCUT2D eigenvalue weighted by Crippen LogP contribution is -2.07. The van der Waals surface area contributed by atoms with E-state index < -0.39 is 0 Å². The van der Waals surface area contributed by atoms with Crippen LogP contribution in [0.3, 0.4) is 0 Å². The number of halogens is 1. The van der Waals surface area contributed by atoms with Crippen LogP contribution in [0.5, 0.6) is 0 Å². The van der Waals surface area contributed by atoms with Crippen LogP contribution in [-0.4, -0.2) is 10.2 Å². The van der Waals surface area contributed by atoms with Crippen molar-refractivity contribution >= 4 is 27.0 Å². The maximum absolute atomic E-state index is 7.21. The molecule has 0 aromatic heterocycles. The van der Waals surface area contributed by atoms with Crippen molar-refractivity contribution in [1.29, 1.82) is 0 Å². The summed E-state index contributed by atoms with van der Waals surface area (Å²) < 4.78 is 0. The normalized spacial score (nSPS) is 15.0. The summed E-state index contributed by atoms with van der Waals surface area (Å²) in [5.41, 5.74) is 10.8. The maximum atomic E-state index is 7.21. The van der Waals surface area contributed by atoms with Gasteiger partial charge in [0, 0.05) is 20.8 Å². The van der Waals surface area contributed by atoms with Gasteiger partial charge in [-0.1, -0.05) is 121 Å². The van der Waals surface area contributed by atoms with Crippen LogP contribution >= 0.6 is 11.6 Å². The summed E-state index contributed by atoms with van der Waals surface area (Å²) in [5.74, 6) is 2.13. The average molecular weight is 519 g/mol. The lowest BCUT2D eigenvalue weighted by Gasteiger charge is -2.22. The number of rotatable bonds is 10. The predicted octanol–water partition coefficient (Wildman–Crippen LogP) is 9.72. The van der Waals surface area contributed by atoms with Crippen molar-refractivity contribution in [3.63, 3.8) is 0 Å². The predicted molar refractivity (Wildman–Crippen MR) is 167 cm³/mol. The molecule has 4 unspecified atom stereocenters. The number of hydrogen-bond acceptors (Lipinski definition) is 0. The molecule has 3 rings (SSSR count). The average Bonchev–Trinajstić information content (AvgIpc) is 2.91. The van der Waals surface area contributed by atoms with Gasteiger partial charge in [0.05, 0.1) is 0 Å². The monoisotopic (exact) mass is 518 g/mol. The molecule has 3 aromatic carbocycles. The third-order valence-corrected chi connectivity index (χ3v) is 10.3. The van der Waals surface area contributed by atoms with Gasteiger partial charge in [0.25, 0.3) is 0 Å². The minimum Gasteiger partial charge on any atom is -0.0838 e. The van der Waals surface area contributed by atoms with E-state index in [2.05, 4.69) is 104 Å². The van der Waals surface area contributed by atoms with E-state index in [1.54, 1.807) is 0 Å². The second-order valence-corrected chi connectivity index (χ2v) is 12.6. The van der Waals surface area contributed by atoms with Crippen molar-refractivity contribution < 1.29 is 0 Å². The van der Waals surface area contributed by atoms with Crippen LogP contribution in [-0.2, 0) is 0 Å². The molecule has 194 valence electrons. The maximum Gasteiger partial charge on any atom is 0.0472 e. The van der Waals surface area contributed by atoms with Crippen LogP contribution in [0.4, 0.5) is 0 Å². The number of hydrogen-bond donors (Lipinski definition) is 0. The molecule has 2 heteroatoms. The second kappa shape index (κ2) is 12.6. The minimum atomic E-state index is 0.528. The summed E-state index contributed by atoms with van der Waals surface area (Å²) >= 11 is 7.21. The molecule has 0 radical (unpaired) electrons. The van der Waals surface area contributed by atoms with Crippen LogP contribution in [0.1, 0.15) is 127 Å². The third-order valence-electron chi connectivity index (χ3n) is 8.62. The Hall–Kier alpha value is -1.83. The van der Waals surface area contributed by atoms with E-state index >= 15 is 0 Å². The highest BCUT2D eigenvalue weighted by Crippen LogP contribution is 2.41. The van der Waals surface area contributed by atoms with Gasteiger partial charge in [-0.05, 0) is 88.3 Å². The quantitative estimate of drug-likeness (QED) is 0.234. The molecule has 0 nitrogen and oxygen atoms in total. The molecule has 0 amide bonds. The van der Waals surface area contributed by atoms with Crippen molar-refractivity contribution in [2.24, 2.45) is 0 Å². The highest BCUT2D eigenvalue weighted by molar-refractivity contribution is 6.47. The Labute approximate surface area is 229 Å². The third kappa shape index (κ3) is 6.17. The van der Waals surface area contributed by atoms with Crippen LogP contribution in [0.25, 0.3) is 22.3 Å². The van der Waals surface area contributed by atoms with E-state index in [1.807, 2.05) is 0 Å². The fraction of sp³-hybridized carbons (Fsp3) is 0.471. The summed E-state index contributed by atoms with van der Waals surface area (Å²) in [5, 5.41) is 2.21. The first-order valence-corrected chi connectivity index (χ1v) is 15.6. The van der Waals surface area contributed by atoms with Crippen LogP contribution in [0.15, 0.2) is 48.5 Å². The zero-order valence-electron chi connectivity index (χ0n) is 24.1. The smallest absolute Gasteiger partial charge is 0.0472 e. The molecule has 0 aliphatic heterocycles. The van der Waals surface area contributed by atoms with Crippen LogP contribution < -0.4 is 5.19 Å².